The van der Waals surface area contributed by atoms with Gasteiger partial charge in [-0.05, 0) is 18.8 Å². The second kappa shape index (κ2) is 8.27. The molecule has 2 N–H and O–H groups in total. The van der Waals surface area contributed by atoms with E-state index in [0.717, 1.165) is 18.9 Å². The zero-order valence-corrected chi connectivity index (χ0v) is 11.5. The number of nitrogens with one attached hydrogen (secondary N) is 2. The van der Waals surface area contributed by atoms with Crippen LogP contribution in [0.3, 0.4) is 0 Å². The maximum absolute atomic E-state index is 12.0. The molecule has 0 saturated heterocycles. The van der Waals surface area contributed by atoms with Crippen LogP contribution in [0.25, 0.3) is 0 Å². The van der Waals surface area contributed by atoms with E-state index >= 15 is 0 Å². The van der Waals surface area contributed by atoms with Crippen molar-refractivity contribution in [2.24, 2.45) is 10.9 Å². The normalized spacial score (nSPS) is 17.8. The van der Waals surface area contributed by atoms with Crippen molar-refractivity contribution in [2.75, 3.05) is 20.1 Å². The molecule has 1 fully saturated rings. The van der Waals surface area contributed by atoms with Gasteiger partial charge in [0.1, 0.15) is 0 Å². The maximum atomic E-state index is 12.0. The van der Waals surface area contributed by atoms with Crippen molar-refractivity contribution >= 4 is 5.96 Å². The summed E-state index contributed by atoms with van der Waals surface area (Å²) in [5.41, 5.74) is 0. The van der Waals surface area contributed by atoms with Gasteiger partial charge in [-0.15, -0.1) is 0 Å². The minimum atomic E-state index is -4.12. The Balaban J connectivity index is 2.04. The van der Waals surface area contributed by atoms with E-state index in [1.54, 1.807) is 7.05 Å². The van der Waals surface area contributed by atoms with Gasteiger partial charge >= 0.3 is 6.18 Å². The molecule has 0 aliphatic heterocycles. The van der Waals surface area contributed by atoms with E-state index in [2.05, 4.69) is 15.6 Å². The third-order valence-electron chi connectivity index (χ3n) is 3.48. The molecule has 0 aromatic heterocycles. The molecule has 0 aromatic rings. The fraction of sp³-hybridized carbons (Fsp3) is 0.923. The molecule has 0 atom stereocenters. The van der Waals surface area contributed by atoms with E-state index in [0.29, 0.717) is 5.96 Å². The average Bonchev–Trinajstić information content (AvgIpc) is 2.83. The third kappa shape index (κ3) is 7.95. The fourth-order valence-electron chi connectivity index (χ4n) is 2.44. The van der Waals surface area contributed by atoms with Crippen LogP contribution in [0.15, 0.2) is 4.99 Å². The molecule has 1 saturated carbocycles. The molecule has 6 heteroatoms. The van der Waals surface area contributed by atoms with E-state index < -0.39 is 12.6 Å². The highest BCUT2D eigenvalue weighted by atomic mass is 19.4. The first-order valence-corrected chi connectivity index (χ1v) is 7.02. The molecule has 1 aliphatic rings. The summed E-state index contributed by atoms with van der Waals surface area (Å²) in [7, 11) is 1.57. The topological polar surface area (TPSA) is 36.4 Å². The lowest BCUT2D eigenvalue weighted by Gasteiger charge is -2.14. The summed E-state index contributed by atoms with van der Waals surface area (Å²) in [6, 6.07) is 0. The summed E-state index contributed by atoms with van der Waals surface area (Å²) in [4.78, 5) is 3.90. The van der Waals surface area contributed by atoms with E-state index in [1.807, 2.05) is 0 Å². The van der Waals surface area contributed by atoms with Crippen LogP contribution >= 0.6 is 0 Å². The van der Waals surface area contributed by atoms with E-state index in [9.17, 15) is 13.2 Å². The largest absolute Gasteiger partial charge is 0.390 e. The number of alkyl halides is 3. The number of guanidine groups is 1. The monoisotopic (exact) mass is 279 g/mol. The molecule has 0 spiro atoms. The minimum absolute atomic E-state index is 0.133. The Morgan fingerprint density at radius 3 is 2.37 bits per heavy atom. The molecule has 112 valence electrons. The van der Waals surface area contributed by atoms with Crippen LogP contribution in [0.2, 0.25) is 0 Å². The number of rotatable bonds is 6. The predicted octanol–water partition coefficient (Wildman–Crippen LogP) is 3.07. The lowest BCUT2D eigenvalue weighted by atomic mass is 10.0. The van der Waals surface area contributed by atoms with Crippen LogP contribution in [0.5, 0.6) is 0 Å². The van der Waals surface area contributed by atoms with Crippen LogP contribution in [-0.2, 0) is 0 Å². The predicted molar refractivity (Wildman–Crippen MR) is 71.2 cm³/mol. The first kappa shape index (κ1) is 16.1. The summed E-state index contributed by atoms with van der Waals surface area (Å²) in [6.45, 7) is 0.633. The third-order valence-corrected chi connectivity index (χ3v) is 3.48. The highest BCUT2D eigenvalue weighted by Crippen LogP contribution is 2.28. The molecule has 0 heterocycles. The van der Waals surface area contributed by atoms with Crippen molar-refractivity contribution in [1.29, 1.82) is 0 Å². The van der Waals surface area contributed by atoms with Crippen LogP contribution in [0.1, 0.15) is 44.9 Å². The van der Waals surface area contributed by atoms with Crippen LogP contribution < -0.4 is 10.6 Å². The zero-order valence-electron chi connectivity index (χ0n) is 11.5. The molecule has 0 radical (unpaired) electrons. The van der Waals surface area contributed by atoms with E-state index in [-0.39, 0.29) is 6.54 Å². The Kier molecular flexibility index (Phi) is 7.02. The van der Waals surface area contributed by atoms with Gasteiger partial charge in [-0.25, -0.2) is 0 Å². The molecule has 19 heavy (non-hydrogen) atoms. The lowest BCUT2D eigenvalue weighted by Crippen LogP contribution is -2.39. The molecule has 0 unspecified atom stereocenters. The smallest absolute Gasteiger partial charge is 0.356 e. The minimum Gasteiger partial charge on any atom is -0.356 e. The summed E-state index contributed by atoms with van der Waals surface area (Å²) < 4.78 is 36.0. The van der Waals surface area contributed by atoms with Gasteiger partial charge in [0.25, 0.3) is 0 Å². The number of hydrogen-bond acceptors (Lipinski definition) is 1. The number of halogens is 3. The van der Waals surface area contributed by atoms with Gasteiger partial charge in [0.2, 0.25) is 0 Å². The highest BCUT2D eigenvalue weighted by molar-refractivity contribution is 5.79. The first-order chi connectivity index (χ1) is 9.01. The van der Waals surface area contributed by atoms with Crippen molar-refractivity contribution in [2.45, 2.75) is 51.1 Å². The van der Waals surface area contributed by atoms with Crippen LogP contribution in [0, 0.1) is 5.92 Å². The number of nitrogens with zero attached hydrogens (tertiary/aromatic N) is 1. The summed E-state index contributed by atoms with van der Waals surface area (Å²) >= 11 is 0. The standard InChI is InChI=1S/C13H24F3N3/c1-17-12(19-10-8-13(14,15)16)18-9-4-7-11-5-2-3-6-11/h11H,2-10H2,1H3,(H2,17,18,19). The van der Waals surface area contributed by atoms with Gasteiger partial charge in [-0.1, -0.05) is 25.7 Å². The number of hydrogen-bond donors (Lipinski definition) is 2. The average molecular weight is 279 g/mol. The highest BCUT2D eigenvalue weighted by Gasteiger charge is 2.26. The first-order valence-electron chi connectivity index (χ1n) is 7.02. The van der Waals surface area contributed by atoms with Crippen molar-refractivity contribution in [3.05, 3.63) is 0 Å². The summed E-state index contributed by atoms with van der Waals surface area (Å²) in [5, 5.41) is 5.72. The van der Waals surface area contributed by atoms with Gasteiger partial charge in [0, 0.05) is 20.1 Å². The Morgan fingerprint density at radius 2 is 1.79 bits per heavy atom. The van der Waals surface area contributed by atoms with Gasteiger partial charge in [-0.2, -0.15) is 13.2 Å². The molecule has 3 nitrogen and oxygen atoms in total. The van der Waals surface area contributed by atoms with E-state index in [1.165, 1.54) is 32.1 Å². The van der Waals surface area contributed by atoms with Gasteiger partial charge in [0.05, 0.1) is 6.42 Å². The fourth-order valence-corrected chi connectivity index (χ4v) is 2.44. The second-order valence-electron chi connectivity index (χ2n) is 5.08. The van der Waals surface area contributed by atoms with Crippen molar-refractivity contribution < 1.29 is 13.2 Å². The summed E-state index contributed by atoms with van der Waals surface area (Å²) in [6.07, 6.45) is 2.65. The Morgan fingerprint density at radius 1 is 1.16 bits per heavy atom. The van der Waals surface area contributed by atoms with Gasteiger partial charge in [0.15, 0.2) is 5.96 Å². The quantitative estimate of drug-likeness (QED) is 0.445. The molecule has 0 bridgehead atoms. The van der Waals surface area contributed by atoms with Crippen molar-refractivity contribution in [3.63, 3.8) is 0 Å². The molecule has 0 amide bonds. The Bertz CT molecular complexity index is 271. The van der Waals surface area contributed by atoms with Gasteiger partial charge < -0.3 is 10.6 Å². The molecular weight excluding hydrogens is 255 g/mol. The Hall–Kier alpha value is -0.940. The SMILES string of the molecule is CN=C(NCCCC1CCCC1)NCCC(F)(F)F. The number of aliphatic imine (C=N–C) groups is 1. The lowest BCUT2D eigenvalue weighted by molar-refractivity contribution is -0.132. The van der Waals surface area contributed by atoms with E-state index in [4.69, 9.17) is 0 Å². The van der Waals surface area contributed by atoms with Crippen molar-refractivity contribution in [3.8, 4) is 0 Å². The second-order valence-corrected chi connectivity index (χ2v) is 5.08. The van der Waals surface area contributed by atoms with Crippen LogP contribution in [-0.4, -0.2) is 32.3 Å². The van der Waals surface area contributed by atoms with Crippen LogP contribution in [0.4, 0.5) is 13.2 Å². The maximum Gasteiger partial charge on any atom is 0.390 e. The van der Waals surface area contributed by atoms with Gasteiger partial charge in [-0.3, -0.25) is 4.99 Å². The molecule has 1 aliphatic carbocycles. The zero-order chi connectivity index (χ0) is 14.1. The van der Waals surface area contributed by atoms with Crippen molar-refractivity contribution in [1.82, 2.24) is 10.6 Å². The molecule has 0 aromatic carbocycles. The summed E-state index contributed by atoms with van der Waals surface area (Å²) in [5.74, 6) is 1.30. The molecular formula is C13H24F3N3. The molecule has 1 rings (SSSR count). The Labute approximate surface area is 113 Å².